The van der Waals surface area contributed by atoms with Crippen LogP contribution in [0.25, 0.3) is 0 Å². The number of nitro benzene ring substituents is 1. The summed E-state index contributed by atoms with van der Waals surface area (Å²) in [6.45, 7) is 4.41. The Bertz CT molecular complexity index is 443. The van der Waals surface area contributed by atoms with Gasteiger partial charge in [0.1, 0.15) is 0 Å². The first-order valence-electron chi connectivity index (χ1n) is 5.17. The van der Waals surface area contributed by atoms with Crippen LogP contribution in [0.2, 0.25) is 0 Å². The number of rotatable bonds is 4. The Hall–Kier alpha value is -2.11. The molecule has 6 heteroatoms. The Kier molecular flexibility index (Phi) is 4.03. The summed E-state index contributed by atoms with van der Waals surface area (Å²) in [5.74, 6) is -0.554. The maximum Gasteiger partial charge on any atom is 0.310 e. The molecule has 6 nitrogen and oxygen atoms in total. The summed E-state index contributed by atoms with van der Waals surface area (Å²) < 4.78 is 0. The average molecular weight is 238 g/mol. The van der Waals surface area contributed by atoms with Crippen molar-refractivity contribution in [2.75, 3.05) is 6.54 Å². The minimum absolute atomic E-state index is 0.203. The third-order valence-electron chi connectivity index (χ3n) is 2.11. The van der Waals surface area contributed by atoms with Gasteiger partial charge in [-0.1, -0.05) is 13.8 Å². The zero-order chi connectivity index (χ0) is 13.0. The SMILES string of the molecule is CC(C)CNC(=O)c1ccc([N+](=O)[O-])c(O)c1. The van der Waals surface area contributed by atoms with Crippen molar-refractivity contribution < 1.29 is 14.8 Å². The Labute approximate surface area is 98.4 Å². The van der Waals surface area contributed by atoms with E-state index in [9.17, 15) is 20.0 Å². The highest BCUT2D eigenvalue weighted by atomic mass is 16.6. The van der Waals surface area contributed by atoms with E-state index in [1.807, 2.05) is 13.8 Å². The van der Waals surface area contributed by atoms with Crippen LogP contribution < -0.4 is 5.32 Å². The van der Waals surface area contributed by atoms with Crippen molar-refractivity contribution in [2.24, 2.45) is 5.92 Å². The molecule has 0 aliphatic heterocycles. The average Bonchev–Trinajstić information content (AvgIpc) is 2.25. The molecule has 0 radical (unpaired) electrons. The maximum atomic E-state index is 11.6. The molecule has 0 heterocycles. The topological polar surface area (TPSA) is 92.5 Å². The molecule has 0 bridgehead atoms. The van der Waals surface area contributed by atoms with E-state index in [0.29, 0.717) is 12.5 Å². The molecule has 0 saturated heterocycles. The highest BCUT2D eigenvalue weighted by Crippen LogP contribution is 2.26. The number of amides is 1. The number of nitrogens with zero attached hydrogens (tertiary/aromatic N) is 1. The van der Waals surface area contributed by atoms with Crippen LogP contribution in [0.15, 0.2) is 18.2 Å². The van der Waals surface area contributed by atoms with Crippen LogP contribution in [-0.2, 0) is 0 Å². The van der Waals surface area contributed by atoms with E-state index in [0.717, 1.165) is 12.1 Å². The molecule has 0 saturated carbocycles. The normalized spacial score (nSPS) is 10.3. The van der Waals surface area contributed by atoms with Crippen LogP contribution >= 0.6 is 0 Å². The summed E-state index contributed by atoms with van der Waals surface area (Å²) in [4.78, 5) is 21.4. The van der Waals surface area contributed by atoms with Gasteiger partial charge in [-0.2, -0.15) is 0 Å². The molecule has 0 atom stereocenters. The van der Waals surface area contributed by atoms with Crippen LogP contribution in [0.4, 0.5) is 5.69 Å². The minimum atomic E-state index is -0.703. The quantitative estimate of drug-likeness (QED) is 0.616. The first-order chi connectivity index (χ1) is 7.91. The lowest BCUT2D eigenvalue weighted by molar-refractivity contribution is -0.385. The predicted octanol–water partition coefficient (Wildman–Crippen LogP) is 1.69. The number of nitro groups is 1. The first-order valence-corrected chi connectivity index (χ1v) is 5.17. The second kappa shape index (κ2) is 5.29. The molecule has 1 rings (SSSR count). The van der Waals surface area contributed by atoms with Crippen LogP contribution in [0.5, 0.6) is 5.75 Å². The monoisotopic (exact) mass is 238 g/mol. The highest BCUT2D eigenvalue weighted by Gasteiger charge is 2.15. The molecular weight excluding hydrogens is 224 g/mol. The number of carbonyl (C=O) groups excluding carboxylic acids is 1. The Balaban J connectivity index is 2.83. The Morgan fingerprint density at radius 1 is 1.53 bits per heavy atom. The van der Waals surface area contributed by atoms with Crippen LogP contribution in [0, 0.1) is 16.0 Å². The molecule has 0 fully saturated rings. The molecule has 17 heavy (non-hydrogen) atoms. The number of phenolic OH excluding ortho intramolecular Hbond substituents is 1. The zero-order valence-corrected chi connectivity index (χ0v) is 9.64. The van der Waals surface area contributed by atoms with Crippen molar-refractivity contribution >= 4 is 11.6 Å². The summed E-state index contributed by atoms with van der Waals surface area (Å²) in [6, 6.07) is 3.51. The van der Waals surface area contributed by atoms with Crippen LogP contribution in [-0.4, -0.2) is 22.5 Å². The predicted molar refractivity (Wildman–Crippen MR) is 61.9 cm³/mol. The summed E-state index contributed by atoms with van der Waals surface area (Å²) in [5.41, 5.74) is -0.209. The molecule has 1 aromatic rings. The minimum Gasteiger partial charge on any atom is -0.502 e. The number of hydrogen-bond donors (Lipinski definition) is 2. The fourth-order valence-electron chi connectivity index (χ4n) is 1.22. The number of hydrogen-bond acceptors (Lipinski definition) is 4. The lowest BCUT2D eigenvalue weighted by Crippen LogP contribution is -2.27. The van der Waals surface area contributed by atoms with Crippen molar-refractivity contribution in [3.8, 4) is 5.75 Å². The molecule has 2 N–H and O–H groups in total. The maximum absolute atomic E-state index is 11.6. The van der Waals surface area contributed by atoms with E-state index in [1.54, 1.807) is 0 Å². The summed E-state index contributed by atoms with van der Waals surface area (Å²) in [5, 5.41) is 22.5. The van der Waals surface area contributed by atoms with Gasteiger partial charge in [-0.3, -0.25) is 14.9 Å². The fourth-order valence-corrected chi connectivity index (χ4v) is 1.22. The molecule has 1 amide bonds. The largest absolute Gasteiger partial charge is 0.502 e. The molecule has 0 aliphatic rings. The van der Waals surface area contributed by atoms with E-state index in [4.69, 9.17) is 0 Å². The number of aromatic hydroxyl groups is 1. The van der Waals surface area contributed by atoms with Gasteiger partial charge >= 0.3 is 5.69 Å². The van der Waals surface area contributed by atoms with Crippen molar-refractivity contribution in [2.45, 2.75) is 13.8 Å². The second-order valence-corrected chi connectivity index (χ2v) is 4.06. The van der Waals surface area contributed by atoms with Gasteiger partial charge in [-0.15, -0.1) is 0 Å². The molecule has 0 spiro atoms. The number of benzene rings is 1. The Morgan fingerprint density at radius 2 is 2.18 bits per heavy atom. The van der Waals surface area contributed by atoms with Gasteiger partial charge in [-0.25, -0.2) is 0 Å². The van der Waals surface area contributed by atoms with Gasteiger partial charge in [-0.05, 0) is 18.1 Å². The third-order valence-corrected chi connectivity index (χ3v) is 2.11. The molecule has 0 aromatic heterocycles. The fraction of sp³-hybridized carbons (Fsp3) is 0.364. The van der Waals surface area contributed by atoms with Crippen LogP contribution in [0.1, 0.15) is 24.2 Å². The summed E-state index contributed by atoms with van der Waals surface area (Å²) in [7, 11) is 0. The number of carbonyl (C=O) groups is 1. The highest BCUT2D eigenvalue weighted by molar-refractivity contribution is 5.95. The van der Waals surface area contributed by atoms with E-state index >= 15 is 0 Å². The lowest BCUT2D eigenvalue weighted by atomic mass is 10.1. The van der Waals surface area contributed by atoms with Gasteiger partial charge in [0, 0.05) is 18.2 Å². The summed E-state index contributed by atoms with van der Waals surface area (Å²) >= 11 is 0. The van der Waals surface area contributed by atoms with Gasteiger partial charge in [0.2, 0.25) is 0 Å². The first kappa shape index (κ1) is 13.0. The Morgan fingerprint density at radius 3 is 2.65 bits per heavy atom. The van der Waals surface area contributed by atoms with Crippen molar-refractivity contribution in [3.05, 3.63) is 33.9 Å². The lowest BCUT2D eigenvalue weighted by Gasteiger charge is -2.07. The molecule has 1 aromatic carbocycles. The van der Waals surface area contributed by atoms with Crippen molar-refractivity contribution in [3.63, 3.8) is 0 Å². The van der Waals surface area contributed by atoms with Gasteiger partial charge in [0.05, 0.1) is 4.92 Å². The van der Waals surface area contributed by atoms with E-state index in [-0.39, 0.29) is 11.5 Å². The smallest absolute Gasteiger partial charge is 0.310 e. The number of phenols is 1. The van der Waals surface area contributed by atoms with E-state index in [1.165, 1.54) is 6.07 Å². The molecule has 92 valence electrons. The van der Waals surface area contributed by atoms with E-state index in [2.05, 4.69) is 5.32 Å². The second-order valence-electron chi connectivity index (χ2n) is 4.06. The van der Waals surface area contributed by atoms with Crippen molar-refractivity contribution in [1.29, 1.82) is 0 Å². The molecular formula is C11H14N2O4. The van der Waals surface area contributed by atoms with Gasteiger partial charge in [0.15, 0.2) is 5.75 Å². The molecule has 0 aliphatic carbocycles. The zero-order valence-electron chi connectivity index (χ0n) is 9.64. The third kappa shape index (κ3) is 3.44. The van der Waals surface area contributed by atoms with E-state index < -0.39 is 16.4 Å². The van der Waals surface area contributed by atoms with Gasteiger partial charge < -0.3 is 10.4 Å². The molecule has 0 unspecified atom stereocenters. The standard InChI is InChI=1S/C11H14N2O4/c1-7(2)6-12-11(15)8-3-4-9(13(16)17)10(14)5-8/h3-5,7,14H,6H2,1-2H3,(H,12,15). The summed E-state index contributed by atoms with van der Waals surface area (Å²) in [6.07, 6.45) is 0. The van der Waals surface area contributed by atoms with Crippen molar-refractivity contribution in [1.82, 2.24) is 5.32 Å². The number of nitrogens with one attached hydrogen (secondary N) is 1. The van der Waals surface area contributed by atoms with Crippen LogP contribution in [0.3, 0.4) is 0 Å². The van der Waals surface area contributed by atoms with Gasteiger partial charge in [0.25, 0.3) is 5.91 Å².